The molecular formula is C15H18ClN3O3. The van der Waals surface area contributed by atoms with Crippen LogP contribution in [0.4, 0.5) is 0 Å². The van der Waals surface area contributed by atoms with Gasteiger partial charge >= 0.3 is 5.97 Å². The molecule has 2 N–H and O–H groups in total. The molecule has 0 spiro atoms. The summed E-state index contributed by atoms with van der Waals surface area (Å²) in [6.45, 7) is 3.24. The summed E-state index contributed by atoms with van der Waals surface area (Å²) in [4.78, 5) is 15.7. The Labute approximate surface area is 133 Å². The van der Waals surface area contributed by atoms with Gasteiger partial charge in [-0.3, -0.25) is 4.79 Å². The zero-order valence-electron chi connectivity index (χ0n) is 12.4. The second kappa shape index (κ2) is 6.06. The second-order valence-electron chi connectivity index (χ2n) is 5.45. The molecule has 2 aromatic rings. The summed E-state index contributed by atoms with van der Waals surface area (Å²) in [5.41, 5.74) is -2.59. The van der Waals surface area contributed by atoms with Crippen molar-refractivity contribution in [3.8, 4) is 0 Å². The molecule has 0 aliphatic heterocycles. The fourth-order valence-electron chi connectivity index (χ4n) is 2.48. The van der Waals surface area contributed by atoms with Crippen molar-refractivity contribution in [3.05, 3.63) is 47.5 Å². The molecule has 0 aliphatic carbocycles. The van der Waals surface area contributed by atoms with E-state index in [1.54, 1.807) is 31.2 Å². The van der Waals surface area contributed by atoms with Crippen LogP contribution >= 0.6 is 11.6 Å². The molecule has 1 aromatic carbocycles. The van der Waals surface area contributed by atoms with Crippen LogP contribution in [0, 0.1) is 5.41 Å². The van der Waals surface area contributed by atoms with E-state index < -0.39 is 17.0 Å². The molecule has 0 bridgehead atoms. The number of carboxylic acid groups (broad SMARTS) is 1. The largest absolute Gasteiger partial charge is 0.481 e. The quantitative estimate of drug-likeness (QED) is 0.851. The van der Waals surface area contributed by atoms with Crippen molar-refractivity contribution >= 4 is 17.6 Å². The summed E-state index contributed by atoms with van der Waals surface area (Å²) in [7, 11) is 0. The van der Waals surface area contributed by atoms with Crippen molar-refractivity contribution in [2.75, 3.05) is 0 Å². The Balaban J connectivity index is 2.57. The highest BCUT2D eigenvalue weighted by molar-refractivity contribution is 6.30. The molecule has 0 radical (unpaired) electrons. The van der Waals surface area contributed by atoms with E-state index in [1.807, 2.05) is 0 Å². The number of aromatic nitrogens is 3. The number of aliphatic carboxylic acids is 1. The SMILES string of the molecule is CCC(C)(C(=O)O)C(O)(Cn1cncn1)c1ccc(Cl)cc1. The third kappa shape index (κ3) is 2.71. The lowest BCUT2D eigenvalue weighted by Crippen LogP contribution is -2.51. The zero-order valence-corrected chi connectivity index (χ0v) is 13.2. The Morgan fingerprint density at radius 1 is 1.36 bits per heavy atom. The van der Waals surface area contributed by atoms with Crippen LogP contribution in [-0.4, -0.2) is 30.9 Å². The van der Waals surface area contributed by atoms with Gasteiger partial charge in [0.2, 0.25) is 0 Å². The smallest absolute Gasteiger partial charge is 0.312 e. The first-order valence-corrected chi connectivity index (χ1v) is 7.25. The molecule has 2 atom stereocenters. The topological polar surface area (TPSA) is 88.2 Å². The van der Waals surface area contributed by atoms with Crippen molar-refractivity contribution in [1.29, 1.82) is 0 Å². The summed E-state index contributed by atoms with van der Waals surface area (Å²) in [5, 5.41) is 25.5. The first kappa shape index (κ1) is 16.5. The maximum atomic E-state index is 11.8. The molecule has 0 amide bonds. The molecule has 22 heavy (non-hydrogen) atoms. The fourth-order valence-corrected chi connectivity index (χ4v) is 2.61. The van der Waals surface area contributed by atoms with Gasteiger partial charge in [0.25, 0.3) is 0 Å². The second-order valence-corrected chi connectivity index (χ2v) is 5.89. The van der Waals surface area contributed by atoms with Gasteiger partial charge in [-0.05, 0) is 31.0 Å². The monoisotopic (exact) mass is 323 g/mol. The van der Waals surface area contributed by atoms with Gasteiger partial charge in [-0.25, -0.2) is 9.67 Å². The standard InChI is InChI=1S/C15H18ClN3O3/c1-3-14(2,13(20)21)15(22,8-19-10-17-9-18-19)11-4-6-12(16)7-5-11/h4-7,9-10,22H,3,8H2,1-2H3,(H,20,21). The van der Waals surface area contributed by atoms with Gasteiger partial charge in [0, 0.05) is 5.02 Å². The van der Waals surface area contributed by atoms with E-state index in [-0.39, 0.29) is 13.0 Å². The van der Waals surface area contributed by atoms with Gasteiger partial charge in [0.1, 0.15) is 18.3 Å². The lowest BCUT2D eigenvalue weighted by molar-refractivity contribution is -0.172. The van der Waals surface area contributed by atoms with Gasteiger partial charge in [0.15, 0.2) is 0 Å². The van der Waals surface area contributed by atoms with Crippen molar-refractivity contribution in [3.63, 3.8) is 0 Å². The van der Waals surface area contributed by atoms with E-state index in [0.29, 0.717) is 10.6 Å². The number of hydrogen-bond acceptors (Lipinski definition) is 4. The Hall–Kier alpha value is -1.92. The Morgan fingerprint density at radius 3 is 2.45 bits per heavy atom. The van der Waals surface area contributed by atoms with Crippen LogP contribution in [-0.2, 0) is 16.9 Å². The minimum atomic E-state index is -1.66. The molecule has 2 rings (SSSR count). The minimum absolute atomic E-state index is 0.0225. The number of benzene rings is 1. The van der Waals surface area contributed by atoms with Gasteiger partial charge in [-0.1, -0.05) is 30.7 Å². The number of aliphatic hydroxyl groups is 1. The number of halogens is 1. The molecule has 1 aromatic heterocycles. The van der Waals surface area contributed by atoms with Crippen LogP contribution in [0.3, 0.4) is 0 Å². The summed E-state index contributed by atoms with van der Waals surface area (Å²) in [6, 6.07) is 6.52. The van der Waals surface area contributed by atoms with Gasteiger partial charge in [-0.2, -0.15) is 5.10 Å². The predicted molar refractivity (Wildman–Crippen MR) is 81.4 cm³/mol. The van der Waals surface area contributed by atoms with E-state index in [2.05, 4.69) is 10.1 Å². The van der Waals surface area contributed by atoms with Crippen LogP contribution in [0.5, 0.6) is 0 Å². The molecule has 2 unspecified atom stereocenters. The highest BCUT2D eigenvalue weighted by Crippen LogP contribution is 2.44. The normalized spacial score (nSPS) is 16.7. The maximum absolute atomic E-state index is 11.8. The number of rotatable bonds is 6. The lowest BCUT2D eigenvalue weighted by Gasteiger charge is -2.41. The van der Waals surface area contributed by atoms with E-state index in [9.17, 15) is 15.0 Å². The van der Waals surface area contributed by atoms with E-state index in [0.717, 1.165) is 0 Å². The Morgan fingerprint density at radius 2 is 2.00 bits per heavy atom. The average molecular weight is 324 g/mol. The molecule has 0 saturated carbocycles. The maximum Gasteiger partial charge on any atom is 0.312 e. The number of hydrogen-bond donors (Lipinski definition) is 2. The van der Waals surface area contributed by atoms with Gasteiger partial charge < -0.3 is 10.2 Å². The van der Waals surface area contributed by atoms with E-state index in [4.69, 9.17) is 11.6 Å². The van der Waals surface area contributed by atoms with Crippen molar-refractivity contribution < 1.29 is 15.0 Å². The third-order valence-electron chi connectivity index (χ3n) is 4.27. The molecule has 1 heterocycles. The predicted octanol–water partition coefficient (Wildman–Crippen LogP) is 2.32. The molecule has 118 valence electrons. The highest BCUT2D eigenvalue weighted by Gasteiger charge is 2.53. The van der Waals surface area contributed by atoms with Crippen LogP contribution in [0.2, 0.25) is 5.02 Å². The highest BCUT2D eigenvalue weighted by atomic mass is 35.5. The molecule has 0 fully saturated rings. The number of carboxylic acids is 1. The molecule has 7 heteroatoms. The lowest BCUT2D eigenvalue weighted by atomic mass is 9.67. The number of carbonyl (C=O) groups is 1. The van der Waals surface area contributed by atoms with Crippen LogP contribution in [0.15, 0.2) is 36.9 Å². The van der Waals surface area contributed by atoms with Crippen molar-refractivity contribution in [2.24, 2.45) is 5.41 Å². The van der Waals surface area contributed by atoms with Gasteiger partial charge in [-0.15, -0.1) is 0 Å². The molecule has 0 aliphatic rings. The minimum Gasteiger partial charge on any atom is -0.481 e. The molecular weight excluding hydrogens is 306 g/mol. The third-order valence-corrected chi connectivity index (χ3v) is 4.52. The van der Waals surface area contributed by atoms with Crippen LogP contribution in [0.25, 0.3) is 0 Å². The molecule has 6 nitrogen and oxygen atoms in total. The summed E-state index contributed by atoms with van der Waals surface area (Å²) >= 11 is 5.89. The first-order valence-electron chi connectivity index (χ1n) is 6.87. The van der Waals surface area contributed by atoms with Crippen molar-refractivity contribution in [2.45, 2.75) is 32.4 Å². The summed E-state index contributed by atoms with van der Waals surface area (Å²) in [6.07, 6.45) is 3.03. The van der Waals surface area contributed by atoms with Gasteiger partial charge in [0.05, 0.1) is 12.0 Å². The summed E-state index contributed by atoms with van der Waals surface area (Å²) < 4.78 is 1.42. The van der Waals surface area contributed by atoms with Crippen LogP contribution in [0.1, 0.15) is 25.8 Å². The fraction of sp³-hybridized carbons (Fsp3) is 0.400. The average Bonchev–Trinajstić information content (AvgIpc) is 2.99. The number of nitrogens with zero attached hydrogens (tertiary/aromatic N) is 3. The van der Waals surface area contributed by atoms with Crippen LogP contribution < -0.4 is 0 Å². The molecule has 0 saturated heterocycles. The van der Waals surface area contributed by atoms with Crippen molar-refractivity contribution in [1.82, 2.24) is 14.8 Å². The first-order chi connectivity index (χ1) is 10.3. The van der Waals surface area contributed by atoms with E-state index in [1.165, 1.54) is 24.3 Å². The Kier molecular flexibility index (Phi) is 4.53. The summed E-state index contributed by atoms with van der Waals surface area (Å²) in [5.74, 6) is -1.08. The zero-order chi connectivity index (χ0) is 16.4. The van der Waals surface area contributed by atoms with E-state index >= 15 is 0 Å². The Bertz CT molecular complexity index is 645.